The Balaban J connectivity index is 1.74. The summed E-state index contributed by atoms with van der Waals surface area (Å²) < 4.78 is 0. The Kier molecular flexibility index (Phi) is 5.94. The van der Waals surface area contributed by atoms with Crippen molar-refractivity contribution in [3.8, 4) is 0 Å². The maximum Gasteiger partial charge on any atom is 0.251 e. The third kappa shape index (κ3) is 4.41. The number of carbonyl (C=O) groups excluding carboxylic acids is 4. The highest BCUT2D eigenvalue weighted by atomic mass is 32.2. The Hall–Kier alpha value is -3.33. The molecule has 0 spiro atoms. The van der Waals surface area contributed by atoms with Crippen molar-refractivity contribution in [3.05, 3.63) is 60.2 Å². The molecule has 0 saturated carbocycles. The zero-order chi connectivity index (χ0) is 22.0. The van der Waals surface area contributed by atoms with Crippen molar-refractivity contribution >= 4 is 41.1 Å². The number of thioether (sulfide) groups is 1. The van der Waals surface area contributed by atoms with Crippen molar-refractivity contribution in [2.24, 2.45) is 5.73 Å². The number of nitrogens with zero attached hydrogens (tertiary/aromatic N) is 1. The fourth-order valence-electron chi connectivity index (χ4n) is 3.82. The summed E-state index contributed by atoms with van der Waals surface area (Å²) in [7, 11) is 0. The number of nitrogens with two attached hydrogens (primary N) is 1. The number of hydrogen-bond donors (Lipinski definition) is 3. The van der Waals surface area contributed by atoms with Gasteiger partial charge in [-0.2, -0.15) is 0 Å². The molecule has 1 saturated heterocycles. The standard InChI is InChI=1S/C22H22N4O4S/c23-17(27)12-26-15-8-4-5-9-16(15)31-20(13-6-2-1-3-7-13)19(22(26)30)25-21(29)14-10-11-18(28)24-14/h1-9,14,19-20H,10-12H2,(H2,23,27)(H,24,28)(H,25,29)/t14-,19-,20+/m0/s1. The number of primary amides is 1. The Morgan fingerprint density at radius 1 is 1.10 bits per heavy atom. The van der Waals surface area contributed by atoms with Crippen LogP contribution in [0.4, 0.5) is 5.69 Å². The molecule has 4 N–H and O–H groups in total. The van der Waals surface area contributed by atoms with Gasteiger partial charge in [-0.15, -0.1) is 11.8 Å². The lowest BCUT2D eigenvalue weighted by atomic mass is 10.0. The van der Waals surface area contributed by atoms with Gasteiger partial charge in [0.2, 0.25) is 17.7 Å². The molecule has 0 aliphatic carbocycles. The van der Waals surface area contributed by atoms with Crippen molar-refractivity contribution in [1.82, 2.24) is 10.6 Å². The van der Waals surface area contributed by atoms with Gasteiger partial charge in [0.15, 0.2) is 0 Å². The molecule has 160 valence electrons. The monoisotopic (exact) mass is 438 g/mol. The van der Waals surface area contributed by atoms with Gasteiger partial charge in [-0.3, -0.25) is 19.2 Å². The number of rotatable bonds is 5. The van der Waals surface area contributed by atoms with Crippen LogP contribution in [0, 0.1) is 0 Å². The molecule has 2 aliphatic rings. The fourth-order valence-corrected chi connectivity index (χ4v) is 5.17. The van der Waals surface area contributed by atoms with Gasteiger partial charge in [0, 0.05) is 11.3 Å². The van der Waals surface area contributed by atoms with Gasteiger partial charge < -0.3 is 21.3 Å². The molecule has 0 radical (unpaired) electrons. The van der Waals surface area contributed by atoms with E-state index >= 15 is 0 Å². The van der Waals surface area contributed by atoms with Gasteiger partial charge in [-0.25, -0.2) is 0 Å². The fraction of sp³-hybridized carbons (Fsp3) is 0.273. The van der Waals surface area contributed by atoms with Crippen LogP contribution in [0.2, 0.25) is 0 Å². The van der Waals surface area contributed by atoms with Crippen molar-refractivity contribution in [3.63, 3.8) is 0 Å². The topological polar surface area (TPSA) is 122 Å². The molecular formula is C22H22N4O4S. The number of anilines is 1. The second-order valence-corrected chi connectivity index (χ2v) is 8.64. The predicted octanol–water partition coefficient (Wildman–Crippen LogP) is 1.12. The molecule has 3 atom stereocenters. The van der Waals surface area contributed by atoms with Crippen LogP contribution >= 0.6 is 11.8 Å². The summed E-state index contributed by atoms with van der Waals surface area (Å²) >= 11 is 1.44. The van der Waals surface area contributed by atoms with E-state index in [4.69, 9.17) is 5.73 Å². The average molecular weight is 439 g/mol. The Bertz CT molecular complexity index is 1030. The smallest absolute Gasteiger partial charge is 0.251 e. The molecule has 2 aromatic carbocycles. The van der Waals surface area contributed by atoms with Gasteiger partial charge in [0.05, 0.1) is 10.9 Å². The minimum atomic E-state index is -0.954. The molecule has 2 aromatic rings. The number of fused-ring (bicyclic) bond motifs is 1. The lowest BCUT2D eigenvalue weighted by molar-refractivity contribution is -0.129. The van der Waals surface area contributed by atoms with E-state index in [9.17, 15) is 19.2 Å². The van der Waals surface area contributed by atoms with Crippen molar-refractivity contribution in [2.45, 2.75) is 35.1 Å². The molecule has 2 heterocycles. The van der Waals surface area contributed by atoms with Crippen molar-refractivity contribution in [2.75, 3.05) is 11.4 Å². The summed E-state index contributed by atoms with van der Waals surface area (Å²) in [5.41, 5.74) is 6.86. The first kappa shape index (κ1) is 20.9. The molecule has 1 fully saturated rings. The summed E-state index contributed by atoms with van der Waals surface area (Å²) in [5, 5.41) is 5.04. The first-order chi connectivity index (χ1) is 14.9. The highest BCUT2D eigenvalue weighted by molar-refractivity contribution is 7.99. The number of hydrogen-bond acceptors (Lipinski definition) is 5. The zero-order valence-corrected chi connectivity index (χ0v) is 17.4. The van der Waals surface area contributed by atoms with Crippen LogP contribution in [0.25, 0.3) is 0 Å². The lowest BCUT2D eigenvalue weighted by Gasteiger charge is -2.29. The quantitative estimate of drug-likeness (QED) is 0.646. The molecule has 0 bridgehead atoms. The van der Waals surface area contributed by atoms with Crippen molar-refractivity contribution < 1.29 is 19.2 Å². The number of para-hydroxylation sites is 1. The number of carbonyl (C=O) groups is 4. The number of benzene rings is 2. The van der Waals surface area contributed by atoms with Crippen molar-refractivity contribution in [1.29, 1.82) is 0 Å². The van der Waals surface area contributed by atoms with E-state index in [2.05, 4.69) is 10.6 Å². The summed E-state index contributed by atoms with van der Waals surface area (Å²) in [4.78, 5) is 52.0. The molecular weight excluding hydrogens is 416 g/mol. The first-order valence-electron chi connectivity index (χ1n) is 9.94. The average Bonchev–Trinajstić information content (AvgIpc) is 3.17. The van der Waals surface area contributed by atoms with E-state index in [0.717, 1.165) is 10.5 Å². The maximum absolute atomic E-state index is 13.6. The van der Waals surface area contributed by atoms with Crippen LogP contribution < -0.4 is 21.3 Å². The largest absolute Gasteiger partial charge is 0.368 e. The van der Waals surface area contributed by atoms with Crippen LogP contribution in [-0.2, 0) is 19.2 Å². The Labute approximate surface area is 183 Å². The van der Waals surface area contributed by atoms with E-state index in [-0.39, 0.29) is 18.9 Å². The van der Waals surface area contributed by atoms with Gasteiger partial charge in [-0.1, -0.05) is 42.5 Å². The lowest BCUT2D eigenvalue weighted by Crippen LogP contribution is -2.55. The van der Waals surface area contributed by atoms with E-state index < -0.39 is 35.1 Å². The highest BCUT2D eigenvalue weighted by Crippen LogP contribution is 2.45. The van der Waals surface area contributed by atoms with E-state index in [1.165, 1.54) is 16.7 Å². The first-order valence-corrected chi connectivity index (χ1v) is 10.8. The molecule has 4 rings (SSSR count). The third-order valence-corrected chi connectivity index (χ3v) is 6.69. The summed E-state index contributed by atoms with van der Waals surface area (Å²) in [6, 6.07) is 15.0. The molecule has 0 unspecified atom stereocenters. The Morgan fingerprint density at radius 2 is 1.81 bits per heavy atom. The third-order valence-electron chi connectivity index (χ3n) is 5.30. The second kappa shape index (κ2) is 8.81. The van der Waals surface area contributed by atoms with Gasteiger partial charge in [-0.05, 0) is 24.1 Å². The molecule has 9 heteroatoms. The number of nitrogens with one attached hydrogen (secondary N) is 2. The highest BCUT2D eigenvalue weighted by Gasteiger charge is 2.41. The predicted molar refractivity (Wildman–Crippen MR) is 116 cm³/mol. The van der Waals surface area contributed by atoms with Crippen LogP contribution in [0.5, 0.6) is 0 Å². The molecule has 0 aromatic heterocycles. The van der Waals surface area contributed by atoms with Gasteiger partial charge in [0.1, 0.15) is 18.6 Å². The van der Waals surface area contributed by atoms with Crippen LogP contribution in [-0.4, -0.2) is 42.3 Å². The van der Waals surface area contributed by atoms with E-state index in [1.807, 2.05) is 42.5 Å². The molecule has 31 heavy (non-hydrogen) atoms. The van der Waals surface area contributed by atoms with E-state index in [1.54, 1.807) is 12.1 Å². The molecule has 8 nitrogen and oxygen atoms in total. The molecule has 2 aliphatic heterocycles. The van der Waals surface area contributed by atoms with E-state index in [0.29, 0.717) is 12.1 Å². The zero-order valence-electron chi connectivity index (χ0n) is 16.6. The second-order valence-electron chi connectivity index (χ2n) is 7.45. The SMILES string of the molecule is NC(=O)CN1C(=O)[C@@H](NC(=O)[C@@H]2CCC(=O)N2)[C@@H](c2ccccc2)Sc2ccccc21. The molecule has 4 amide bonds. The van der Waals surface area contributed by atoms with Crippen LogP contribution in [0.3, 0.4) is 0 Å². The maximum atomic E-state index is 13.6. The Morgan fingerprint density at radius 3 is 2.48 bits per heavy atom. The van der Waals surface area contributed by atoms with Gasteiger partial charge >= 0.3 is 0 Å². The summed E-state index contributed by atoms with van der Waals surface area (Å²) in [6.07, 6.45) is 0.646. The normalized spacial score (nSPS) is 23.0. The van der Waals surface area contributed by atoms with Crippen LogP contribution in [0.1, 0.15) is 23.7 Å². The minimum absolute atomic E-state index is 0.191. The summed E-state index contributed by atoms with van der Waals surface area (Å²) in [5.74, 6) is -1.69. The van der Waals surface area contributed by atoms with Crippen LogP contribution in [0.15, 0.2) is 59.5 Å². The minimum Gasteiger partial charge on any atom is -0.368 e. The number of amides is 4. The van der Waals surface area contributed by atoms with Gasteiger partial charge in [0.25, 0.3) is 5.91 Å². The summed E-state index contributed by atoms with van der Waals surface area (Å²) in [6.45, 7) is -0.301.